The summed E-state index contributed by atoms with van der Waals surface area (Å²) in [5.74, 6) is 0.960. The summed E-state index contributed by atoms with van der Waals surface area (Å²) in [6.45, 7) is 7.18. The summed E-state index contributed by atoms with van der Waals surface area (Å²) in [5, 5.41) is 0. The molecule has 0 fully saturated rings. The third-order valence-electron chi connectivity index (χ3n) is 2.30. The van der Waals surface area contributed by atoms with E-state index in [4.69, 9.17) is 4.74 Å². The minimum absolute atomic E-state index is 0.803. The van der Waals surface area contributed by atoms with E-state index >= 15 is 0 Å². The quantitative estimate of drug-likeness (QED) is 0.733. The van der Waals surface area contributed by atoms with Crippen LogP contribution in [0.25, 0.3) is 0 Å². The SMILES string of the molecule is CCCCOc1cc(C)c(C)cc1Br. The van der Waals surface area contributed by atoms with E-state index in [1.807, 2.05) is 0 Å². The molecule has 0 unspecified atom stereocenters. The van der Waals surface area contributed by atoms with Crippen molar-refractivity contribution in [1.29, 1.82) is 0 Å². The average Bonchev–Trinajstić information content (AvgIpc) is 2.14. The Morgan fingerprint density at radius 3 is 2.50 bits per heavy atom. The van der Waals surface area contributed by atoms with Crippen molar-refractivity contribution in [2.75, 3.05) is 6.61 Å². The summed E-state index contributed by atoms with van der Waals surface area (Å²) in [6, 6.07) is 4.20. The van der Waals surface area contributed by atoms with Gasteiger partial charge in [0.05, 0.1) is 11.1 Å². The number of benzene rings is 1. The van der Waals surface area contributed by atoms with Gasteiger partial charge in [-0.25, -0.2) is 0 Å². The largest absolute Gasteiger partial charge is 0.492 e. The van der Waals surface area contributed by atoms with Crippen LogP contribution in [0.4, 0.5) is 0 Å². The molecule has 14 heavy (non-hydrogen) atoms. The van der Waals surface area contributed by atoms with Gasteiger partial charge in [-0.3, -0.25) is 0 Å². The van der Waals surface area contributed by atoms with Crippen molar-refractivity contribution in [2.24, 2.45) is 0 Å². The molecule has 1 nitrogen and oxygen atoms in total. The molecule has 0 aliphatic carbocycles. The summed E-state index contributed by atoms with van der Waals surface area (Å²) in [7, 11) is 0. The Kier molecular flexibility index (Phi) is 4.46. The number of unbranched alkanes of at least 4 members (excludes halogenated alkanes) is 1. The Hall–Kier alpha value is -0.500. The lowest BCUT2D eigenvalue weighted by atomic mass is 10.1. The van der Waals surface area contributed by atoms with Crippen molar-refractivity contribution >= 4 is 15.9 Å². The fourth-order valence-electron chi connectivity index (χ4n) is 1.19. The van der Waals surface area contributed by atoms with Gasteiger partial charge in [0.2, 0.25) is 0 Å². The predicted molar refractivity (Wildman–Crippen MR) is 64.0 cm³/mol. The zero-order valence-corrected chi connectivity index (χ0v) is 10.6. The fraction of sp³-hybridized carbons (Fsp3) is 0.500. The highest BCUT2D eigenvalue weighted by atomic mass is 79.9. The van der Waals surface area contributed by atoms with Crippen LogP contribution >= 0.6 is 15.9 Å². The zero-order chi connectivity index (χ0) is 10.6. The lowest BCUT2D eigenvalue weighted by Crippen LogP contribution is -1.98. The lowest BCUT2D eigenvalue weighted by Gasteiger charge is -2.10. The van der Waals surface area contributed by atoms with E-state index in [2.05, 4.69) is 48.8 Å². The molecule has 0 saturated carbocycles. The van der Waals surface area contributed by atoms with Crippen LogP contribution in [0.5, 0.6) is 5.75 Å². The van der Waals surface area contributed by atoms with E-state index in [9.17, 15) is 0 Å². The van der Waals surface area contributed by atoms with Crippen LogP contribution in [-0.4, -0.2) is 6.61 Å². The highest BCUT2D eigenvalue weighted by Crippen LogP contribution is 2.28. The first-order valence-corrected chi connectivity index (χ1v) is 5.84. The standard InChI is InChI=1S/C12H17BrO/c1-4-5-6-14-12-8-10(3)9(2)7-11(12)13/h7-8H,4-6H2,1-3H3. The molecule has 0 saturated heterocycles. The third-order valence-corrected chi connectivity index (χ3v) is 2.92. The van der Waals surface area contributed by atoms with Crippen LogP contribution < -0.4 is 4.74 Å². The first-order valence-electron chi connectivity index (χ1n) is 5.04. The monoisotopic (exact) mass is 256 g/mol. The van der Waals surface area contributed by atoms with Crippen molar-refractivity contribution in [1.82, 2.24) is 0 Å². The average molecular weight is 257 g/mol. The lowest BCUT2D eigenvalue weighted by molar-refractivity contribution is 0.307. The Balaban J connectivity index is 2.72. The summed E-state index contributed by atoms with van der Waals surface area (Å²) >= 11 is 3.51. The van der Waals surface area contributed by atoms with E-state index in [0.29, 0.717) is 0 Å². The molecule has 0 bridgehead atoms. The summed E-state index contributed by atoms with van der Waals surface area (Å²) < 4.78 is 6.72. The molecular formula is C12H17BrO. The second-order valence-corrected chi connectivity index (χ2v) is 4.42. The molecule has 0 atom stereocenters. The van der Waals surface area contributed by atoms with Gasteiger partial charge < -0.3 is 4.74 Å². The predicted octanol–water partition coefficient (Wildman–Crippen LogP) is 4.24. The van der Waals surface area contributed by atoms with E-state index < -0.39 is 0 Å². The second-order valence-electron chi connectivity index (χ2n) is 3.57. The molecule has 0 N–H and O–H groups in total. The molecule has 0 radical (unpaired) electrons. The first-order chi connectivity index (χ1) is 6.65. The van der Waals surface area contributed by atoms with Gasteiger partial charge in [-0.15, -0.1) is 0 Å². The highest BCUT2D eigenvalue weighted by molar-refractivity contribution is 9.10. The number of rotatable bonds is 4. The van der Waals surface area contributed by atoms with Crippen molar-refractivity contribution < 1.29 is 4.74 Å². The number of aryl methyl sites for hydroxylation is 2. The van der Waals surface area contributed by atoms with Gasteiger partial charge in [0, 0.05) is 0 Å². The van der Waals surface area contributed by atoms with Crippen molar-refractivity contribution in [3.8, 4) is 5.75 Å². The van der Waals surface area contributed by atoms with Gasteiger partial charge in [0.15, 0.2) is 0 Å². The fourth-order valence-corrected chi connectivity index (χ4v) is 1.76. The summed E-state index contributed by atoms with van der Waals surface area (Å²) in [5.41, 5.74) is 2.57. The maximum Gasteiger partial charge on any atom is 0.133 e. The maximum absolute atomic E-state index is 5.67. The molecule has 1 rings (SSSR count). The molecule has 0 amide bonds. The van der Waals surface area contributed by atoms with Gasteiger partial charge in [-0.1, -0.05) is 13.3 Å². The van der Waals surface area contributed by atoms with Gasteiger partial charge in [0.25, 0.3) is 0 Å². The minimum Gasteiger partial charge on any atom is -0.492 e. The summed E-state index contributed by atoms with van der Waals surface area (Å²) in [4.78, 5) is 0. The van der Waals surface area contributed by atoms with Crippen molar-refractivity contribution in [2.45, 2.75) is 33.6 Å². The van der Waals surface area contributed by atoms with Crippen LogP contribution in [0.3, 0.4) is 0 Å². The van der Waals surface area contributed by atoms with Crippen LogP contribution in [0.1, 0.15) is 30.9 Å². The molecule has 0 spiro atoms. The highest BCUT2D eigenvalue weighted by Gasteiger charge is 2.03. The zero-order valence-electron chi connectivity index (χ0n) is 9.06. The third kappa shape index (κ3) is 3.02. The normalized spacial score (nSPS) is 10.3. The molecule has 0 aromatic heterocycles. The Bertz CT molecular complexity index is 307. The van der Waals surface area contributed by atoms with Gasteiger partial charge in [0.1, 0.15) is 5.75 Å². The molecular weight excluding hydrogens is 240 g/mol. The van der Waals surface area contributed by atoms with Crippen LogP contribution in [0.15, 0.2) is 16.6 Å². The first kappa shape index (κ1) is 11.6. The topological polar surface area (TPSA) is 9.23 Å². The Morgan fingerprint density at radius 1 is 1.21 bits per heavy atom. The Morgan fingerprint density at radius 2 is 1.86 bits per heavy atom. The van der Waals surface area contributed by atoms with Crippen LogP contribution in [0.2, 0.25) is 0 Å². The molecule has 0 aliphatic heterocycles. The van der Waals surface area contributed by atoms with Gasteiger partial charge in [-0.2, -0.15) is 0 Å². The van der Waals surface area contributed by atoms with E-state index in [-0.39, 0.29) is 0 Å². The Labute approximate surface area is 94.6 Å². The molecule has 1 aromatic carbocycles. The smallest absolute Gasteiger partial charge is 0.133 e. The number of ether oxygens (including phenoxy) is 1. The second kappa shape index (κ2) is 5.40. The van der Waals surface area contributed by atoms with Crippen molar-refractivity contribution in [3.05, 3.63) is 27.7 Å². The molecule has 2 heteroatoms. The minimum atomic E-state index is 0.803. The van der Waals surface area contributed by atoms with Gasteiger partial charge in [-0.05, 0) is 59.5 Å². The number of hydrogen-bond donors (Lipinski definition) is 0. The number of hydrogen-bond acceptors (Lipinski definition) is 1. The van der Waals surface area contributed by atoms with Crippen LogP contribution in [0, 0.1) is 13.8 Å². The summed E-state index contributed by atoms with van der Waals surface area (Å²) in [6.07, 6.45) is 2.28. The van der Waals surface area contributed by atoms with E-state index in [1.165, 1.54) is 17.5 Å². The van der Waals surface area contributed by atoms with E-state index in [1.54, 1.807) is 0 Å². The molecule has 78 valence electrons. The van der Waals surface area contributed by atoms with Crippen molar-refractivity contribution in [3.63, 3.8) is 0 Å². The maximum atomic E-state index is 5.67. The molecule has 0 aliphatic rings. The van der Waals surface area contributed by atoms with E-state index in [0.717, 1.165) is 23.2 Å². The molecule has 1 aromatic rings. The number of halogens is 1. The van der Waals surface area contributed by atoms with Gasteiger partial charge >= 0.3 is 0 Å². The van der Waals surface area contributed by atoms with Crippen LogP contribution in [-0.2, 0) is 0 Å². The molecule has 0 heterocycles.